The molecule has 34 heavy (non-hydrogen) atoms. The standard InChI is InChI=1S/C24H33ClFN3O3.C2H6/c1-6-9-21(27-19-14-17(25)13-18(26)15-19)22(30)29(11-7-2)20-10-8-12-28(16-20)23(31)32-24(3,4)5;1-2/h6-7,13-15,20-21,27H,1-2,8-12,16H2,3-5H3;1-2H3/t20-,21-;/m1./s1. The van der Waals surface area contributed by atoms with Crippen LogP contribution < -0.4 is 5.32 Å². The Morgan fingerprint density at radius 2 is 1.97 bits per heavy atom. The predicted octanol–water partition coefficient (Wildman–Crippen LogP) is 6.28. The van der Waals surface area contributed by atoms with Gasteiger partial charge in [0, 0.05) is 36.4 Å². The third kappa shape index (κ3) is 9.37. The average Bonchev–Trinajstić information content (AvgIpc) is 2.76. The molecule has 0 spiro atoms. The van der Waals surface area contributed by atoms with E-state index in [4.69, 9.17) is 16.3 Å². The smallest absolute Gasteiger partial charge is 0.410 e. The zero-order chi connectivity index (χ0) is 25.9. The Labute approximate surface area is 208 Å². The lowest BCUT2D eigenvalue weighted by molar-refractivity contribution is -0.134. The van der Waals surface area contributed by atoms with Crippen molar-refractivity contribution < 1.29 is 18.7 Å². The summed E-state index contributed by atoms with van der Waals surface area (Å²) in [5.74, 6) is -0.672. The average molecular weight is 496 g/mol. The van der Waals surface area contributed by atoms with Crippen LogP contribution in [0, 0.1) is 5.82 Å². The van der Waals surface area contributed by atoms with E-state index in [1.165, 1.54) is 12.1 Å². The summed E-state index contributed by atoms with van der Waals surface area (Å²) in [6.07, 6.45) is 4.76. The van der Waals surface area contributed by atoms with Crippen molar-refractivity contribution >= 4 is 29.3 Å². The van der Waals surface area contributed by atoms with Crippen LogP contribution in [0.5, 0.6) is 0 Å². The first kappa shape index (κ1) is 29.5. The number of nitrogens with zero attached hydrogens (tertiary/aromatic N) is 2. The van der Waals surface area contributed by atoms with Gasteiger partial charge in [0.15, 0.2) is 0 Å². The van der Waals surface area contributed by atoms with Crippen LogP contribution >= 0.6 is 11.6 Å². The molecule has 6 nitrogen and oxygen atoms in total. The second-order valence-corrected chi connectivity index (χ2v) is 9.32. The van der Waals surface area contributed by atoms with Gasteiger partial charge in [-0.1, -0.05) is 37.6 Å². The van der Waals surface area contributed by atoms with Crippen molar-refractivity contribution in [1.82, 2.24) is 9.80 Å². The predicted molar refractivity (Wildman–Crippen MR) is 138 cm³/mol. The molecule has 2 atom stereocenters. The molecular formula is C26H39ClFN3O3. The molecule has 1 aromatic carbocycles. The second kappa shape index (κ2) is 14.0. The molecule has 1 aromatic rings. The van der Waals surface area contributed by atoms with Crippen molar-refractivity contribution in [3.8, 4) is 0 Å². The molecule has 1 aliphatic rings. The number of hydrogen-bond acceptors (Lipinski definition) is 4. The van der Waals surface area contributed by atoms with Crippen molar-refractivity contribution in [2.45, 2.75) is 71.6 Å². The van der Waals surface area contributed by atoms with Crippen LogP contribution in [0.4, 0.5) is 14.9 Å². The molecule has 8 heteroatoms. The first-order valence-corrected chi connectivity index (χ1v) is 12.1. The Hall–Kier alpha value is -2.54. The Morgan fingerprint density at radius 3 is 2.53 bits per heavy atom. The molecule has 1 N–H and O–H groups in total. The van der Waals surface area contributed by atoms with Gasteiger partial charge in [-0.15, -0.1) is 13.2 Å². The molecule has 1 heterocycles. The van der Waals surface area contributed by atoms with Crippen molar-refractivity contribution in [3.05, 3.63) is 54.3 Å². The number of carbonyl (C=O) groups excluding carboxylic acids is 2. The highest BCUT2D eigenvalue weighted by molar-refractivity contribution is 6.30. The van der Waals surface area contributed by atoms with Gasteiger partial charge in [0.1, 0.15) is 17.5 Å². The van der Waals surface area contributed by atoms with Gasteiger partial charge >= 0.3 is 6.09 Å². The molecule has 2 rings (SSSR count). The van der Waals surface area contributed by atoms with E-state index in [0.717, 1.165) is 12.8 Å². The van der Waals surface area contributed by atoms with Gasteiger partial charge in [0.2, 0.25) is 5.91 Å². The lowest BCUT2D eigenvalue weighted by Gasteiger charge is -2.40. The Bertz CT molecular complexity index is 821. The van der Waals surface area contributed by atoms with Gasteiger partial charge in [0.05, 0.1) is 0 Å². The van der Waals surface area contributed by atoms with Crippen LogP contribution in [0.2, 0.25) is 5.02 Å². The summed E-state index contributed by atoms with van der Waals surface area (Å²) in [5.41, 5.74) is -0.181. The highest BCUT2D eigenvalue weighted by Gasteiger charge is 2.34. The molecule has 1 saturated heterocycles. The number of benzene rings is 1. The lowest BCUT2D eigenvalue weighted by atomic mass is 10.0. The topological polar surface area (TPSA) is 61.9 Å². The molecule has 0 bridgehead atoms. The van der Waals surface area contributed by atoms with Crippen LogP contribution in [0.25, 0.3) is 0 Å². The lowest BCUT2D eigenvalue weighted by Crippen LogP contribution is -2.55. The van der Waals surface area contributed by atoms with Gasteiger partial charge in [-0.2, -0.15) is 0 Å². The third-order valence-electron chi connectivity index (χ3n) is 5.00. The number of hydrogen-bond donors (Lipinski definition) is 1. The fraction of sp³-hybridized carbons (Fsp3) is 0.538. The number of ether oxygens (including phenoxy) is 1. The van der Waals surface area contributed by atoms with Crippen molar-refractivity contribution in [2.24, 2.45) is 0 Å². The maximum Gasteiger partial charge on any atom is 0.410 e. The van der Waals surface area contributed by atoms with Crippen molar-refractivity contribution in [2.75, 3.05) is 25.0 Å². The summed E-state index contributed by atoms with van der Waals surface area (Å²) >= 11 is 5.96. The molecule has 0 radical (unpaired) electrons. The zero-order valence-electron chi connectivity index (χ0n) is 21.1. The Kier molecular flexibility index (Phi) is 12.1. The van der Waals surface area contributed by atoms with Crippen LogP contribution in [-0.4, -0.2) is 59.1 Å². The van der Waals surface area contributed by atoms with Crippen LogP contribution in [0.1, 0.15) is 53.9 Å². The van der Waals surface area contributed by atoms with Crippen LogP contribution in [0.3, 0.4) is 0 Å². The van der Waals surface area contributed by atoms with E-state index in [-0.39, 0.29) is 23.1 Å². The minimum Gasteiger partial charge on any atom is -0.444 e. The van der Waals surface area contributed by atoms with E-state index in [1.807, 2.05) is 34.6 Å². The minimum absolute atomic E-state index is 0.179. The van der Waals surface area contributed by atoms with E-state index >= 15 is 0 Å². The van der Waals surface area contributed by atoms with Gasteiger partial charge in [-0.25, -0.2) is 9.18 Å². The van der Waals surface area contributed by atoms with Gasteiger partial charge in [-0.3, -0.25) is 4.79 Å². The molecule has 0 unspecified atom stereocenters. The summed E-state index contributed by atoms with van der Waals surface area (Å²) < 4.78 is 19.3. The number of likely N-dealkylation sites (tertiary alicyclic amines) is 1. The number of amides is 2. The molecule has 190 valence electrons. The first-order chi connectivity index (χ1) is 16.0. The largest absolute Gasteiger partial charge is 0.444 e. The van der Waals surface area contributed by atoms with E-state index in [2.05, 4.69) is 18.5 Å². The highest BCUT2D eigenvalue weighted by Crippen LogP contribution is 2.23. The summed E-state index contributed by atoms with van der Waals surface area (Å²) in [6.45, 7) is 18.3. The SMILES string of the molecule is C=CC[C@@H](Nc1cc(F)cc(Cl)c1)C(=O)N(CC=C)[C@@H]1CCCN(C(=O)OC(C)(C)C)C1.CC. The van der Waals surface area contributed by atoms with E-state index in [9.17, 15) is 14.0 Å². The molecular weight excluding hydrogens is 457 g/mol. The summed E-state index contributed by atoms with van der Waals surface area (Å²) in [7, 11) is 0. The van der Waals surface area contributed by atoms with Crippen molar-refractivity contribution in [1.29, 1.82) is 0 Å². The van der Waals surface area contributed by atoms with Crippen LogP contribution in [-0.2, 0) is 9.53 Å². The number of anilines is 1. The Morgan fingerprint density at radius 1 is 1.29 bits per heavy atom. The first-order valence-electron chi connectivity index (χ1n) is 11.8. The van der Waals surface area contributed by atoms with Crippen LogP contribution in [0.15, 0.2) is 43.5 Å². The maximum atomic E-state index is 13.8. The molecule has 1 aliphatic heterocycles. The summed E-state index contributed by atoms with van der Waals surface area (Å²) in [5, 5.41) is 3.31. The number of halogens is 2. The minimum atomic E-state index is -0.665. The quantitative estimate of drug-likeness (QED) is 0.431. The summed E-state index contributed by atoms with van der Waals surface area (Å²) in [4.78, 5) is 29.4. The normalized spacial score (nSPS) is 16.4. The molecule has 2 amide bonds. The second-order valence-electron chi connectivity index (χ2n) is 8.88. The fourth-order valence-corrected chi connectivity index (χ4v) is 3.91. The zero-order valence-corrected chi connectivity index (χ0v) is 21.8. The van der Waals surface area contributed by atoms with Gasteiger partial charge < -0.3 is 19.9 Å². The molecule has 0 saturated carbocycles. The van der Waals surface area contributed by atoms with E-state index in [0.29, 0.717) is 31.7 Å². The number of piperidine rings is 1. The maximum absolute atomic E-state index is 13.8. The number of nitrogens with one attached hydrogen (secondary N) is 1. The molecule has 0 aliphatic carbocycles. The van der Waals surface area contributed by atoms with E-state index < -0.39 is 17.5 Å². The molecule has 0 aromatic heterocycles. The third-order valence-corrected chi connectivity index (χ3v) is 5.22. The Balaban J connectivity index is 0.00000281. The molecule has 1 fully saturated rings. The van der Waals surface area contributed by atoms with Crippen molar-refractivity contribution in [3.63, 3.8) is 0 Å². The van der Waals surface area contributed by atoms with E-state index in [1.54, 1.807) is 28.0 Å². The van der Waals surface area contributed by atoms with Gasteiger partial charge in [-0.05, 0) is 58.2 Å². The fourth-order valence-electron chi connectivity index (χ4n) is 3.69. The monoisotopic (exact) mass is 495 g/mol. The highest BCUT2D eigenvalue weighted by atomic mass is 35.5. The van der Waals surface area contributed by atoms with Gasteiger partial charge in [0.25, 0.3) is 0 Å². The number of rotatable bonds is 8. The summed E-state index contributed by atoms with van der Waals surface area (Å²) in [6, 6.07) is 3.21. The number of carbonyl (C=O) groups is 2.